The Kier molecular flexibility index (Phi) is 8.93. The van der Waals surface area contributed by atoms with Crippen LogP contribution in [-0.2, 0) is 9.47 Å². The smallest absolute Gasteiger partial charge is 0.544 e. The van der Waals surface area contributed by atoms with E-state index >= 15 is 0 Å². The Morgan fingerprint density at radius 1 is 0.765 bits per heavy atom. The molecule has 0 radical (unpaired) electrons. The van der Waals surface area contributed by atoms with Crippen LogP contribution in [0.25, 0.3) is 0 Å². The van der Waals surface area contributed by atoms with Crippen molar-refractivity contribution in [3.05, 3.63) is 32.6 Å². The standard InChI is InChI=1S/2C11H13NO3S.2Li/c2*13-10(14)9-3-8(4-16-9)12-5-11(6-12)1-2-15-7-11;;/h2*3-4H,1-2,5-7H2,(H,13,14);;/q;;2*+1/p-2. The molecule has 6 rings (SSSR count). The van der Waals surface area contributed by atoms with E-state index in [1.165, 1.54) is 22.7 Å². The van der Waals surface area contributed by atoms with Crippen molar-refractivity contribution in [3.63, 3.8) is 0 Å². The monoisotopic (exact) mass is 490 g/mol. The molecule has 2 aromatic rings. The third-order valence-electron chi connectivity index (χ3n) is 6.78. The molecule has 0 atom stereocenters. The molecule has 2 spiro atoms. The van der Waals surface area contributed by atoms with Gasteiger partial charge in [-0.05, 0) is 25.0 Å². The molecule has 172 valence electrons. The molecule has 34 heavy (non-hydrogen) atoms. The van der Waals surface area contributed by atoms with Crippen molar-refractivity contribution in [3.8, 4) is 0 Å². The van der Waals surface area contributed by atoms with Crippen molar-refractivity contribution in [2.75, 3.05) is 62.4 Å². The van der Waals surface area contributed by atoms with Gasteiger partial charge in [-0.1, -0.05) is 0 Å². The second kappa shape index (κ2) is 11.0. The Bertz CT molecular complexity index is 920. The van der Waals surface area contributed by atoms with Crippen LogP contribution >= 0.6 is 22.7 Å². The number of hydrogen-bond acceptors (Lipinski definition) is 10. The van der Waals surface area contributed by atoms with Gasteiger partial charge < -0.3 is 39.1 Å². The summed E-state index contributed by atoms with van der Waals surface area (Å²) in [4.78, 5) is 26.3. The molecule has 0 aromatic carbocycles. The van der Waals surface area contributed by atoms with Crippen molar-refractivity contribution in [2.45, 2.75) is 12.8 Å². The number of nitrogens with zero attached hydrogens (tertiary/aromatic N) is 2. The number of carboxylic acid groups (broad SMARTS) is 2. The Labute approximate surface area is 230 Å². The SMILES string of the molecule is O=C([O-])c1cc(N2CC3(CCOC3)C2)cs1.O=C([O-])c1cc(N2CC3(CCOC3)C2)cs1.[Li+].[Li+]. The molecule has 4 fully saturated rings. The quantitative estimate of drug-likeness (QED) is 0.392. The largest absolute Gasteiger partial charge is 1.00 e. The van der Waals surface area contributed by atoms with E-state index in [4.69, 9.17) is 9.47 Å². The van der Waals surface area contributed by atoms with E-state index < -0.39 is 11.9 Å². The van der Waals surface area contributed by atoms with Gasteiger partial charge in [0.25, 0.3) is 0 Å². The van der Waals surface area contributed by atoms with E-state index in [1.54, 1.807) is 12.1 Å². The minimum atomic E-state index is -1.09. The topological polar surface area (TPSA) is 105 Å². The molecule has 8 nitrogen and oxygen atoms in total. The molecule has 0 amide bonds. The van der Waals surface area contributed by atoms with Gasteiger partial charge in [0.05, 0.1) is 34.9 Å². The summed E-state index contributed by atoms with van der Waals surface area (Å²) < 4.78 is 10.8. The predicted molar refractivity (Wildman–Crippen MR) is 117 cm³/mol. The number of ether oxygens (including phenoxy) is 2. The summed E-state index contributed by atoms with van der Waals surface area (Å²) in [5.74, 6) is -2.17. The summed E-state index contributed by atoms with van der Waals surface area (Å²) in [7, 11) is 0. The molecule has 0 saturated carbocycles. The molecular weight excluding hydrogens is 466 g/mol. The van der Waals surface area contributed by atoms with Crippen molar-refractivity contribution in [2.24, 2.45) is 10.8 Å². The van der Waals surface area contributed by atoms with Gasteiger partial charge in [-0.3, -0.25) is 0 Å². The molecule has 2 aromatic heterocycles. The van der Waals surface area contributed by atoms with Crippen LogP contribution in [0.3, 0.4) is 0 Å². The molecular formula is C22H24Li2N2O6S2. The molecule has 0 unspecified atom stereocenters. The van der Waals surface area contributed by atoms with Gasteiger partial charge in [-0.2, -0.15) is 0 Å². The molecule has 0 N–H and O–H groups in total. The van der Waals surface area contributed by atoms with Crippen LogP contribution in [0.2, 0.25) is 0 Å². The third-order valence-corrected chi connectivity index (χ3v) is 8.57. The number of thiophene rings is 2. The van der Waals surface area contributed by atoms with Crippen molar-refractivity contribution in [1.82, 2.24) is 0 Å². The second-order valence-electron chi connectivity index (χ2n) is 9.23. The number of carbonyl (C=O) groups is 2. The Hall–Kier alpha value is -0.945. The number of aromatic carboxylic acids is 2. The summed E-state index contributed by atoms with van der Waals surface area (Å²) >= 11 is 2.46. The number of carboxylic acids is 2. The maximum absolute atomic E-state index is 10.7. The zero-order chi connectivity index (χ0) is 22.3. The van der Waals surface area contributed by atoms with E-state index in [0.717, 1.165) is 76.8 Å². The van der Waals surface area contributed by atoms with Crippen molar-refractivity contribution in [1.29, 1.82) is 0 Å². The van der Waals surface area contributed by atoms with Crippen LogP contribution in [0, 0.1) is 10.8 Å². The number of carbonyl (C=O) groups excluding carboxylic acids is 2. The van der Waals surface area contributed by atoms with Gasteiger partial charge in [-0.25, -0.2) is 0 Å². The minimum Gasteiger partial charge on any atom is -0.544 e. The van der Waals surface area contributed by atoms with Crippen LogP contribution in [0.5, 0.6) is 0 Å². The summed E-state index contributed by atoms with van der Waals surface area (Å²) in [6.07, 6.45) is 2.25. The molecule has 0 bridgehead atoms. The van der Waals surface area contributed by atoms with Gasteiger partial charge in [0.15, 0.2) is 0 Å². The minimum absolute atomic E-state index is 0. The molecule has 4 aliphatic heterocycles. The third kappa shape index (κ3) is 5.56. The second-order valence-corrected chi connectivity index (χ2v) is 11.1. The van der Waals surface area contributed by atoms with E-state index in [1.807, 2.05) is 10.8 Å². The first-order valence-corrected chi connectivity index (χ1v) is 12.4. The summed E-state index contributed by atoms with van der Waals surface area (Å²) in [6.45, 7) is 7.35. The predicted octanol–water partition coefficient (Wildman–Crippen LogP) is -5.32. The molecule has 12 heteroatoms. The van der Waals surface area contributed by atoms with E-state index in [0.29, 0.717) is 20.6 Å². The van der Waals surface area contributed by atoms with Gasteiger partial charge in [0.2, 0.25) is 0 Å². The molecule has 4 aliphatic rings. The average Bonchev–Trinajstić information content (AvgIpc) is 3.52. The first-order valence-electron chi connectivity index (χ1n) is 10.6. The van der Waals surface area contributed by atoms with Gasteiger partial charge in [0, 0.05) is 72.4 Å². The van der Waals surface area contributed by atoms with E-state index in [9.17, 15) is 19.8 Å². The van der Waals surface area contributed by atoms with Crippen LogP contribution in [0.4, 0.5) is 11.4 Å². The Morgan fingerprint density at radius 3 is 1.41 bits per heavy atom. The Balaban J connectivity index is 0.000000180. The molecule has 6 heterocycles. The van der Waals surface area contributed by atoms with Crippen LogP contribution < -0.4 is 57.7 Å². The summed E-state index contributed by atoms with van der Waals surface area (Å²) in [5.41, 5.74) is 2.68. The zero-order valence-corrected chi connectivity index (χ0v) is 21.2. The van der Waals surface area contributed by atoms with Gasteiger partial charge in [0.1, 0.15) is 0 Å². The van der Waals surface area contributed by atoms with E-state index in [-0.39, 0.29) is 37.7 Å². The van der Waals surface area contributed by atoms with Gasteiger partial charge >= 0.3 is 37.7 Å². The maximum atomic E-state index is 10.7. The first-order chi connectivity index (χ1) is 15.4. The average molecular weight is 490 g/mol. The fourth-order valence-corrected chi connectivity index (χ4v) is 6.39. The number of rotatable bonds is 4. The molecule has 0 aliphatic carbocycles. The molecule has 4 saturated heterocycles. The summed E-state index contributed by atoms with van der Waals surface area (Å²) in [6, 6.07) is 3.39. The first kappa shape index (κ1) is 27.6. The van der Waals surface area contributed by atoms with Gasteiger partial charge in [-0.15, -0.1) is 22.7 Å². The van der Waals surface area contributed by atoms with Crippen molar-refractivity contribution < 1.29 is 67.0 Å². The number of anilines is 2. The maximum Gasteiger partial charge on any atom is 1.00 e. The fourth-order valence-electron chi connectivity index (χ4n) is 4.89. The number of hydrogen-bond donors (Lipinski definition) is 0. The zero-order valence-electron chi connectivity index (χ0n) is 19.5. The van der Waals surface area contributed by atoms with Crippen LogP contribution in [0.15, 0.2) is 22.9 Å². The normalized spacial score (nSPS) is 21.1. The van der Waals surface area contributed by atoms with E-state index in [2.05, 4.69) is 9.80 Å². The van der Waals surface area contributed by atoms with Crippen LogP contribution in [-0.4, -0.2) is 64.5 Å². The van der Waals surface area contributed by atoms with Crippen molar-refractivity contribution >= 4 is 46.0 Å². The Morgan fingerprint density at radius 2 is 1.15 bits per heavy atom. The van der Waals surface area contributed by atoms with Crippen LogP contribution in [0.1, 0.15) is 32.2 Å². The fraction of sp³-hybridized carbons (Fsp3) is 0.545. The summed E-state index contributed by atoms with van der Waals surface area (Å²) in [5, 5.41) is 25.1.